The number of morpholine rings is 1. The number of carbonyl (C=O) groups is 2. The summed E-state index contributed by atoms with van der Waals surface area (Å²) in [5.74, 6) is -0.556. The molecule has 0 radical (unpaired) electrons. The highest BCUT2D eigenvalue weighted by atomic mass is 19.1. The Bertz CT molecular complexity index is 794. The fourth-order valence-electron chi connectivity index (χ4n) is 2.71. The van der Waals surface area contributed by atoms with E-state index in [0.29, 0.717) is 12.3 Å². The van der Waals surface area contributed by atoms with Gasteiger partial charge in [-0.05, 0) is 36.4 Å². The van der Waals surface area contributed by atoms with E-state index in [1.54, 1.807) is 42.3 Å². The zero-order valence-corrected chi connectivity index (χ0v) is 14.3. The van der Waals surface area contributed by atoms with Crippen LogP contribution in [0.4, 0.5) is 10.1 Å². The van der Waals surface area contributed by atoms with Gasteiger partial charge < -0.3 is 19.7 Å². The van der Waals surface area contributed by atoms with E-state index in [1.165, 1.54) is 18.2 Å². The number of nitrogens with one attached hydrogen (secondary N) is 1. The highest BCUT2D eigenvalue weighted by molar-refractivity contribution is 5.95. The van der Waals surface area contributed by atoms with Crippen LogP contribution in [-0.4, -0.2) is 44.7 Å². The molecule has 3 rings (SSSR count). The first-order valence-corrected chi connectivity index (χ1v) is 8.17. The van der Waals surface area contributed by atoms with Gasteiger partial charge in [0.25, 0.3) is 11.8 Å². The molecule has 1 saturated heterocycles. The standard InChI is InChI=1S/C19H19FN2O4/c1-25-14-8-6-13(7-9-14)22-11-15(26-12-18(22)23)10-21-19(24)16-4-2-3-5-17(16)20/h2-9,15H,10-12H2,1H3,(H,21,24). The van der Waals surface area contributed by atoms with Gasteiger partial charge in [-0.1, -0.05) is 12.1 Å². The van der Waals surface area contributed by atoms with E-state index in [1.807, 2.05) is 0 Å². The van der Waals surface area contributed by atoms with E-state index < -0.39 is 11.7 Å². The minimum atomic E-state index is -0.579. The first kappa shape index (κ1) is 17.9. The topological polar surface area (TPSA) is 67.9 Å². The molecule has 2 aromatic rings. The summed E-state index contributed by atoms with van der Waals surface area (Å²) in [6.45, 7) is 0.391. The average Bonchev–Trinajstić information content (AvgIpc) is 2.67. The van der Waals surface area contributed by atoms with E-state index in [-0.39, 0.29) is 30.7 Å². The summed E-state index contributed by atoms with van der Waals surface area (Å²) in [5, 5.41) is 2.65. The molecule has 1 fully saturated rings. The number of carbonyl (C=O) groups excluding carboxylic acids is 2. The first-order chi connectivity index (χ1) is 12.6. The van der Waals surface area contributed by atoms with Crippen LogP contribution in [0.5, 0.6) is 5.75 Å². The van der Waals surface area contributed by atoms with Crippen molar-refractivity contribution in [2.75, 3.05) is 31.7 Å². The van der Waals surface area contributed by atoms with Crippen molar-refractivity contribution in [2.45, 2.75) is 6.10 Å². The highest BCUT2D eigenvalue weighted by Gasteiger charge is 2.28. The van der Waals surface area contributed by atoms with Crippen LogP contribution in [0.25, 0.3) is 0 Å². The van der Waals surface area contributed by atoms with Crippen LogP contribution in [0, 0.1) is 5.82 Å². The molecular formula is C19H19FN2O4. The van der Waals surface area contributed by atoms with Crippen LogP contribution in [0.3, 0.4) is 0 Å². The summed E-state index contributed by atoms with van der Waals surface area (Å²) < 4.78 is 24.2. The Labute approximate surface area is 150 Å². The maximum absolute atomic E-state index is 13.6. The molecular weight excluding hydrogens is 339 g/mol. The molecule has 2 aromatic carbocycles. The quantitative estimate of drug-likeness (QED) is 0.888. The Morgan fingerprint density at radius 3 is 2.69 bits per heavy atom. The summed E-state index contributed by atoms with van der Waals surface area (Å²) in [4.78, 5) is 25.8. The van der Waals surface area contributed by atoms with Crippen molar-refractivity contribution in [1.29, 1.82) is 0 Å². The molecule has 136 valence electrons. The van der Waals surface area contributed by atoms with Gasteiger partial charge in [0.2, 0.25) is 0 Å². The van der Waals surface area contributed by atoms with Crippen LogP contribution in [0.1, 0.15) is 10.4 Å². The number of benzene rings is 2. The summed E-state index contributed by atoms with van der Waals surface area (Å²) in [6, 6.07) is 12.9. The number of hydrogen-bond donors (Lipinski definition) is 1. The lowest BCUT2D eigenvalue weighted by Crippen LogP contribution is -2.50. The van der Waals surface area contributed by atoms with Crippen LogP contribution in [0.2, 0.25) is 0 Å². The first-order valence-electron chi connectivity index (χ1n) is 8.17. The zero-order valence-electron chi connectivity index (χ0n) is 14.3. The third-order valence-electron chi connectivity index (χ3n) is 4.12. The number of ether oxygens (including phenoxy) is 2. The van der Waals surface area contributed by atoms with Crippen molar-refractivity contribution in [3.05, 3.63) is 59.9 Å². The third kappa shape index (κ3) is 4.00. The smallest absolute Gasteiger partial charge is 0.254 e. The molecule has 0 aromatic heterocycles. The lowest BCUT2D eigenvalue weighted by atomic mass is 10.2. The van der Waals surface area contributed by atoms with E-state index >= 15 is 0 Å². The average molecular weight is 358 g/mol. The predicted molar refractivity (Wildman–Crippen MR) is 93.8 cm³/mol. The Balaban J connectivity index is 1.61. The van der Waals surface area contributed by atoms with Gasteiger partial charge in [-0.15, -0.1) is 0 Å². The van der Waals surface area contributed by atoms with Crippen molar-refractivity contribution in [3.63, 3.8) is 0 Å². The molecule has 7 heteroatoms. The monoisotopic (exact) mass is 358 g/mol. The molecule has 1 heterocycles. The van der Waals surface area contributed by atoms with Gasteiger partial charge in [-0.3, -0.25) is 9.59 Å². The number of methoxy groups -OCH3 is 1. The van der Waals surface area contributed by atoms with Crippen molar-refractivity contribution >= 4 is 17.5 Å². The van der Waals surface area contributed by atoms with Crippen molar-refractivity contribution in [2.24, 2.45) is 0 Å². The van der Waals surface area contributed by atoms with Crippen molar-refractivity contribution in [1.82, 2.24) is 5.32 Å². The van der Waals surface area contributed by atoms with E-state index in [0.717, 1.165) is 5.69 Å². The molecule has 0 saturated carbocycles. The van der Waals surface area contributed by atoms with Gasteiger partial charge in [-0.25, -0.2) is 4.39 Å². The second-order valence-corrected chi connectivity index (χ2v) is 5.83. The second-order valence-electron chi connectivity index (χ2n) is 5.83. The maximum Gasteiger partial charge on any atom is 0.254 e. The van der Waals surface area contributed by atoms with Crippen LogP contribution < -0.4 is 15.0 Å². The number of rotatable bonds is 5. The minimum Gasteiger partial charge on any atom is -0.497 e. The molecule has 1 aliphatic rings. The highest BCUT2D eigenvalue weighted by Crippen LogP contribution is 2.22. The fourth-order valence-corrected chi connectivity index (χ4v) is 2.71. The molecule has 1 unspecified atom stereocenters. The Morgan fingerprint density at radius 1 is 1.27 bits per heavy atom. The number of halogens is 1. The third-order valence-corrected chi connectivity index (χ3v) is 4.12. The normalized spacial score (nSPS) is 17.1. The van der Waals surface area contributed by atoms with Gasteiger partial charge in [0.1, 0.15) is 18.2 Å². The molecule has 26 heavy (non-hydrogen) atoms. The fraction of sp³-hybridized carbons (Fsp3) is 0.263. The Kier molecular flexibility index (Phi) is 5.48. The SMILES string of the molecule is COc1ccc(N2CC(CNC(=O)c3ccccc3F)OCC2=O)cc1. The van der Waals surface area contributed by atoms with Crippen LogP contribution >= 0.6 is 0 Å². The zero-order chi connectivity index (χ0) is 18.5. The largest absolute Gasteiger partial charge is 0.497 e. The minimum absolute atomic E-state index is 0.0219. The van der Waals surface area contributed by atoms with E-state index in [9.17, 15) is 14.0 Å². The molecule has 1 aliphatic heterocycles. The number of nitrogens with zero attached hydrogens (tertiary/aromatic N) is 1. The van der Waals surface area contributed by atoms with Crippen LogP contribution in [-0.2, 0) is 9.53 Å². The Morgan fingerprint density at radius 2 is 2.00 bits per heavy atom. The van der Waals surface area contributed by atoms with Crippen LogP contribution in [0.15, 0.2) is 48.5 Å². The number of hydrogen-bond acceptors (Lipinski definition) is 4. The lowest BCUT2D eigenvalue weighted by Gasteiger charge is -2.33. The van der Waals surface area contributed by atoms with Crippen molar-refractivity contribution < 1.29 is 23.5 Å². The molecule has 0 aliphatic carbocycles. The summed E-state index contributed by atoms with van der Waals surface area (Å²) in [6.07, 6.45) is -0.384. The molecule has 0 spiro atoms. The van der Waals surface area contributed by atoms with Gasteiger partial charge in [-0.2, -0.15) is 0 Å². The van der Waals surface area contributed by atoms with E-state index in [4.69, 9.17) is 9.47 Å². The van der Waals surface area contributed by atoms with Gasteiger partial charge in [0.15, 0.2) is 0 Å². The van der Waals surface area contributed by atoms with E-state index in [2.05, 4.69) is 5.32 Å². The van der Waals surface area contributed by atoms with Gasteiger partial charge in [0, 0.05) is 12.2 Å². The molecule has 1 atom stereocenters. The molecule has 0 bridgehead atoms. The van der Waals surface area contributed by atoms with Gasteiger partial charge >= 0.3 is 0 Å². The van der Waals surface area contributed by atoms with Crippen molar-refractivity contribution in [3.8, 4) is 5.75 Å². The summed E-state index contributed by atoms with van der Waals surface area (Å²) in [5.41, 5.74) is 0.705. The summed E-state index contributed by atoms with van der Waals surface area (Å²) in [7, 11) is 1.57. The maximum atomic E-state index is 13.6. The Hall–Kier alpha value is -2.93. The molecule has 6 nitrogen and oxygen atoms in total. The van der Waals surface area contributed by atoms with Gasteiger partial charge in [0.05, 0.1) is 25.3 Å². The molecule has 1 N–H and O–H groups in total. The predicted octanol–water partition coefficient (Wildman–Crippen LogP) is 2.00. The summed E-state index contributed by atoms with van der Waals surface area (Å²) >= 11 is 0. The number of anilines is 1. The molecule has 2 amide bonds. The second kappa shape index (κ2) is 7.97. The lowest BCUT2D eigenvalue weighted by molar-refractivity contribution is -0.129. The number of amides is 2.